The van der Waals surface area contributed by atoms with Crippen molar-refractivity contribution in [2.24, 2.45) is 10.8 Å². The van der Waals surface area contributed by atoms with Gasteiger partial charge < -0.3 is 0 Å². The number of hydrogen-bond acceptors (Lipinski definition) is 0. The van der Waals surface area contributed by atoms with Gasteiger partial charge in [-0.05, 0) is 22.8 Å². The second-order valence-corrected chi connectivity index (χ2v) is 13.4. The summed E-state index contributed by atoms with van der Waals surface area (Å²) in [6.45, 7) is 22.0. The van der Waals surface area contributed by atoms with Crippen LogP contribution in [0.25, 0.3) is 0 Å². The Morgan fingerprint density at radius 3 is 1.53 bits per heavy atom. The van der Waals surface area contributed by atoms with Gasteiger partial charge >= 0.3 is 0 Å². The summed E-state index contributed by atoms with van der Waals surface area (Å²) in [6.07, 6.45) is 2.69. The molecule has 0 saturated carbocycles. The van der Waals surface area contributed by atoms with Crippen LogP contribution in [0.3, 0.4) is 0 Å². The van der Waals surface area contributed by atoms with E-state index in [2.05, 4.69) is 61.2 Å². The maximum absolute atomic E-state index is 2.52. The topological polar surface area (TPSA) is 0 Å². The lowest BCUT2D eigenvalue weighted by Gasteiger charge is -2.44. The largest absolute Gasteiger partial charge is 0.0693 e. The van der Waals surface area contributed by atoms with Crippen LogP contribution in [0.4, 0.5) is 0 Å². The zero-order chi connectivity index (χ0) is 12.5. The van der Waals surface area contributed by atoms with Crippen LogP contribution < -0.4 is 0 Å². The normalized spacial score (nSPS) is 16.6. The highest BCUT2D eigenvalue weighted by Gasteiger charge is 2.38. The Hall–Kier alpha value is 0.217. The van der Waals surface area contributed by atoms with Crippen molar-refractivity contribution >= 4 is 8.07 Å². The van der Waals surface area contributed by atoms with Crippen LogP contribution in [0.15, 0.2) is 0 Å². The van der Waals surface area contributed by atoms with E-state index in [1.807, 2.05) is 0 Å². The molecule has 0 N–H and O–H groups in total. The maximum Gasteiger partial charge on any atom is 0.0479 e. The summed E-state index contributed by atoms with van der Waals surface area (Å²) in [5.74, 6) is 0. The Bertz CT molecular complexity index is 176. The summed E-state index contributed by atoms with van der Waals surface area (Å²) in [5, 5.41) is 0. The Morgan fingerprint density at radius 2 is 1.33 bits per heavy atom. The van der Waals surface area contributed by atoms with Crippen molar-refractivity contribution in [3.05, 3.63) is 0 Å². The summed E-state index contributed by atoms with van der Waals surface area (Å²) in [6, 6.07) is 0. The van der Waals surface area contributed by atoms with E-state index in [1.54, 1.807) is 0 Å². The summed E-state index contributed by atoms with van der Waals surface area (Å²) < 4.78 is 0. The van der Waals surface area contributed by atoms with Gasteiger partial charge in [0.1, 0.15) is 0 Å². The lowest BCUT2D eigenvalue weighted by molar-refractivity contribution is 0.243. The molecule has 0 spiro atoms. The van der Waals surface area contributed by atoms with Crippen LogP contribution in [-0.4, -0.2) is 8.07 Å². The molecule has 0 bridgehead atoms. The van der Waals surface area contributed by atoms with Crippen molar-refractivity contribution in [1.29, 1.82) is 0 Å². The van der Waals surface area contributed by atoms with E-state index in [-0.39, 0.29) is 0 Å². The summed E-state index contributed by atoms with van der Waals surface area (Å²) in [4.78, 5) is 0. The van der Waals surface area contributed by atoms with E-state index in [9.17, 15) is 0 Å². The molecule has 0 fully saturated rings. The van der Waals surface area contributed by atoms with Gasteiger partial charge in [-0.15, -0.1) is 0 Å². The molecule has 0 amide bonds. The molecule has 0 heterocycles. The van der Waals surface area contributed by atoms with Crippen molar-refractivity contribution in [2.45, 2.75) is 79.6 Å². The molecular formula is C14H32Si. The Morgan fingerprint density at radius 1 is 0.933 bits per heavy atom. The summed E-state index contributed by atoms with van der Waals surface area (Å²) in [5.41, 5.74) is 1.90. The van der Waals surface area contributed by atoms with Crippen molar-refractivity contribution in [3.63, 3.8) is 0 Å². The molecule has 92 valence electrons. The first kappa shape index (κ1) is 15.2. The lowest BCUT2D eigenvalue weighted by Crippen LogP contribution is -2.39. The van der Waals surface area contributed by atoms with Crippen LogP contribution in [0.1, 0.15) is 54.4 Å². The van der Waals surface area contributed by atoms with E-state index >= 15 is 0 Å². The SMILES string of the molecule is CCC(C)(C)CC(C(C)(C)C)[Si](C)(C)C. The highest BCUT2D eigenvalue weighted by molar-refractivity contribution is 6.77. The fraction of sp³-hybridized carbons (Fsp3) is 1.00. The van der Waals surface area contributed by atoms with Gasteiger partial charge in [0.05, 0.1) is 0 Å². The molecule has 0 rings (SSSR count). The smallest absolute Gasteiger partial charge is 0.0479 e. The minimum absolute atomic E-state index is 0.469. The first-order chi connectivity index (χ1) is 6.40. The molecule has 0 aromatic rings. The summed E-state index contributed by atoms with van der Waals surface area (Å²) >= 11 is 0. The quantitative estimate of drug-likeness (QED) is 0.552. The van der Waals surface area contributed by atoms with Gasteiger partial charge in [-0.1, -0.05) is 67.6 Å². The van der Waals surface area contributed by atoms with Gasteiger partial charge in [-0.2, -0.15) is 0 Å². The average molecular weight is 228 g/mol. The second-order valence-electron chi connectivity index (χ2n) is 8.01. The molecule has 0 radical (unpaired) electrons. The van der Waals surface area contributed by atoms with Gasteiger partial charge in [0, 0.05) is 8.07 Å². The molecule has 0 aliphatic rings. The molecular weight excluding hydrogens is 196 g/mol. The van der Waals surface area contributed by atoms with E-state index in [0.29, 0.717) is 10.8 Å². The molecule has 15 heavy (non-hydrogen) atoms. The maximum atomic E-state index is 2.52. The molecule has 0 aliphatic carbocycles. The molecule has 0 aliphatic heterocycles. The van der Waals surface area contributed by atoms with E-state index in [1.165, 1.54) is 12.8 Å². The van der Waals surface area contributed by atoms with Crippen molar-refractivity contribution in [1.82, 2.24) is 0 Å². The van der Waals surface area contributed by atoms with Crippen LogP contribution in [-0.2, 0) is 0 Å². The molecule has 0 aromatic carbocycles. The third kappa shape index (κ3) is 5.19. The predicted molar refractivity (Wildman–Crippen MR) is 75.2 cm³/mol. The van der Waals surface area contributed by atoms with Gasteiger partial charge in [-0.3, -0.25) is 0 Å². The fourth-order valence-corrected chi connectivity index (χ4v) is 6.37. The fourth-order valence-electron chi connectivity index (χ4n) is 2.61. The van der Waals surface area contributed by atoms with Gasteiger partial charge in [-0.25, -0.2) is 0 Å². The number of hydrogen-bond donors (Lipinski definition) is 0. The van der Waals surface area contributed by atoms with Crippen LogP contribution >= 0.6 is 0 Å². The van der Waals surface area contributed by atoms with E-state index < -0.39 is 8.07 Å². The molecule has 1 unspecified atom stereocenters. The van der Waals surface area contributed by atoms with E-state index in [4.69, 9.17) is 0 Å². The highest BCUT2D eigenvalue weighted by Crippen LogP contribution is 2.47. The number of rotatable bonds is 4. The van der Waals surface area contributed by atoms with Crippen LogP contribution in [0.2, 0.25) is 25.2 Å². The first-order valence-electron chi connectivity index (χ1n) is 6.40. The second kappa shape index (κ2) is 4.61. The lowest BCUT2D eigenvalue weighted by atomic mass is 9.78. The van der Waals surface area contributed by atoms with Crippen LogP contribution in [0, 0.1) is 10.8 Å². The average Bonchev–Trinajstić information content (AvgIpc) is 1.96. The Kier molecular flexibility index (Phi) is 4.67. The van der Waals surface area contributed by atoms with Gasteiger partial charge in [0.15, 0.2) is 0 Å². The van der Waals surface area contributed by atoms with Gasteiger partial charge in [0.2, 0.25) is 0 Å². The summed E-state index contributed by atoms with van der Waals surface area (Å²) in [7, 11) is -1.05. The Labute approximate surface area is 98.9 Å². The van der Waals surface area contributed by atoms with Crippen molar-refractivity contribution in [2.75, 3.05) is 0 Å². The third-order valence-electron chi connectivity index (χ3n) is 3.80. The zero-order valence-corrected chi connectivity index (χ0v) is 13.5. The molecule has 1 atom stereocenters. The highest BCUT2D eigenvalue weighted by atomic mass is 28.3. The van der Waals surface area contributed by atoms with E-state index in [0.717, 1.165) is 5.54 Å². The molecule has 0 saturated heterocycles. The zero-order valence-electron chi connectivity index (χ0n) is 12.5. The predicted octanol–water partition coefficient (Wildman–Crippen LogP) is 5.57. The molecule has 0 nitrogen and oxygen atoms in total. The third-order valence-corrected chi connectivity index (χ3v) is 6.97. The Balaban J connectivity index is 4.85. The van der Waals surface area contributed by atoms with Gasteiger partial charge in [0.25, 0.3) is 0 Å². The van der Waals surface area contributed by atoms with Crippen LogP contribution in [0.5, 0.6) is 0 Å². The molecule has 0 aromatic heterocycles. The minimum atomic E-state index is -1.05. The monoisotopic (exact) mass is 228 g/mol. The first-order valence-corrected chi connectivity index (χ1v) is 9.98. The van der Waals surface area contributed by atoms with Crippen molar-refractivity contribution < 1.29 is 0 Å². The standard InChI is InChI=1S/C14H32Si/c1-10-14(5,6)11-12(13(2,3)4)15(7,8)9/h12H,10-11H2,1-9H3. The molecule has 1 heteroatoms. The minimum Gasteiger partial charge on any atom is -0.0693 e. The van der Waals surface area contributed by atoms with Crippen molar-refractivity contribution in [3.8, 4) is 0 Å².